The van der Waals surface area contributed by atoms with Gasteiger partial charge in [-0.3, -0.25) is 25.7 Å². The summed E-state index contributed by atoms with van der Waals surface area (Å²) in [6.45, 7) is 1.36. The Morgan fingerprint density at radius 3 is 2.45 bits per heavy atom. The van der Waals surface area contributed by atoms with Crippen LogP contribution in [0.3, 0.4) is 0 Å². The summed E-state index contributed by atoms with van der Waals surface area (Å²) in [6, 6.07) is 5.78. The van der Waals surface area contributed by atoms with Gasteiger partial charge in [-0.15, -0.1) is 0 Å². The molecular formula is C18H15BrN4O8. The summed E-state index contributed by atoms with van der Waals surface area (Å²) >= 11 is 3.14. The summed E-state index contributed by atoms with van der Waals surface area (Å²) in [4.78, 5) is 32.1. The fourth-order valence-electron chi connectivity index (χ4n) is 2.40. The van der Waals surface area contributed by atoms with Gasteiger partial charge in [-0.2, -0.15) is 5.10 Å². The van der Waals surface area contributed by atoms with Crippen LogP contribution in [-0.4, -0.2) is 38.9 Å². The zero-order valence-electron chi connectivity index (χ0n) is 16.0. The topological polar surface area (TPSA) is 177 Å². The molecule has 0 saturated carbocycles. The number of carboxylic acid groups (broad SMARTS) is 1. The number of methoxy groups -OCH3 is 1. The number of aromatic hydroxyl groups is 1. The Hall–Kier alpha value is -4.00. The van der Waals surface area contributed by atoms with Gasteiger partial charge in [0.2, 0.25) is 0 Å². The van der Waals surface area contributed by atoms with Crippen molar-refractivity contribution in [3.63, 3.8) is 0 Å². The maximum atomic E-state index is 11.7. The highest BCUT2D eigenvalue weighted by Gasteiger charge is 2.20. The number of carboxylic acids is 1. The van der Waals surface area contributed by atoms with Crippen molar-refractivity contribution in [3.05, 3.63) is 66.2 Å². The minimum absolute atomic E-state index is 0.0386. The van der Waals surface area contributed by atoms with Gasteiger partial charge in [0.25, 0.3) is 5.69 Å². The molecule has 0 unspecified atom stereocenters. The molecule has 0 aliphatic heterocycles. The molecule has 0 aliphatic carbocycles. The number of hydrogen-bond donors (Lipinski definition) is 3. The molecule has 0 radical (unpaired) electrons. The number of hydrogen-bond acceptors (Lipinski definition) is 9. The zero-order chi connectivity index (χ0) is 23.3. The standard InChI is InChI=1S/C18H15BrN4O8/c1-9(20-21-14-4-3-11(22(27)28)8-15(14)23(29)30)12(18(25)26)5-10-6-13(19)17(24)16(7-10)31-2/h3-8,21,24H,1-2H3,(H,25,26). The predicted molar refractivity (Wildman–Crippen MR) is 114 cm³/mol. The van der Waals surface area contributed by atoms with Crippen LogP contribution in [-0.2, 0) is 4.79 Å². The van der Waals surface area contributed by atoms with Crippen LogP contribution in [0.15, 0.2) is 45.5 Å². The fraction of sp³-hybridized carbons (Fsp3) is 0.111. The molecule has 0 aliphatic rings. The number of ether oxygens (including phenoxy) is 1. The summed E-state index contributed by atoms with van der Waals surface area (Å²) in [5.74, 6) is -1.38. The summed E-state index contributed by atoms with van der Waals surface area (Å²) in [6.07, 6.45) is 1.26. The second kappa shape index (κ2) is 9.67. The predicted octanol–water partition coefficient (Wildman–Crippen LogP) is 3.94. The molecule has 0 spiro atoms. The van der Waals surface area contributed by atoms with E-state index in [1.54, 1.807) is 0 Å². The number of nitro benzene ring substituents is 2. The van der Waals surface area contributed by atoms with E-state index < -0.39 is 27.2 Å². The molecule has 2 aromatic rings. The van der Waals surface area contributed by atoms with Crippen molar-refractivity contribution >= 4 is 50.7 Å². The number of nitrogens with one attached hydrogen (secondary N) is 1. The first-order valence-corrected chi connectivity index (χ1v) is 9.09. The third kappa shape index (κ3) is 5.54. The number of benzene rings is 2. The highest BCUT2D eigenvalue weighted by molar-refractivity contribution is 9.10. The Morgan fingerprint density at radius 2 is 1.90 bits per heavy atom. The molecule has 12 nitrogen and oxygen atoms in total. The highest BCUT2D eigenvalue weighted by atomic mass is 79.9. The number of phenols is 1. The van der Waals surface area contributed by atoms with E-state index in [-0.39, 0.29) is 32.9 Å². The smallest absolute Gasteiger partial charge is 0.337 e. The lowest BCUT2D eigenvalue weighted by molar-refractivity contribution is -0.393. The number of non-ortho nitro benzene ring substituents is 1. The SMILES string of the molecule is COc1cc(C=C(C(=O)O)C(C)=NNc2ccc([N+](=O)[O-])cc2[N+](=O)[O-])cc(Br)c1O. The number of nitro groups is 2. The molecule has 0 saturated heterocycles. The van der Waals surface area contributed by atoms with Crippen LogP contribution < -0.4 is 10.2 Å². The number of phenolic OH excluding ortho intramolecular Hbond substituents is 1. The molecule has 0 aromatic heterocycles. The largest absolute Gasteiger partial charge is 0.503 e. The van der Waals surface area contributed by atoms with Gasteiger partial charge < -0.3 is 14.9 Å². The average molecular weight is 495 g/mol. The number of halogens is 1. The Kier molecular flexibility index (Phi) is 7.26. The van der Waals surface area contributed by atoms with Gasteiger partial charge in [0.1, 0.15) is 5.69 Å². The van der Waals surface area contributed by atoms with Crippen molar-refractivity contribution in [2.24, 2.45) is 5.10 Å². The van der Waals surface area contributed by atoms with E-state index in [1.807, 2.05) is 0 Å². The Bertz CT molecular complexity index is 1130. The number of nitrogens with zero attached hydrogens (tertiary/aromatic N) is 3. The molecule has 13 heteroatoms. The molecule has 2 aromatic carbocycles. The van der Waals surface area contributed by atoms with Gasteiger partial charge in [0, 0.05) is 6.07 Å². The van der Waals surface area contributed by atoms with Crippen LogP contribution in [0.2, 0.25) is 0 Å². The first kappa shape index (κ1) is 23.3. The van der Waals surface area contributed by atoms with Gasteiger partial charge in [-0.05, 0) is 52.7 Å². The minimum Gasteiger partial charge on any atom is -0.503 e. The van der Waals surface area contributed by atoms with Crippen molar-refractivity contribution in [2.75, 3.05) is 12.5 Å². The average Bonchev–Trinajstić information content (AvgIpc) is 2.71. The number of rotatable bonds is 8. The second-order valence-corrected chi connectivity index (χ2v) is 6.80. The van der Waals surface area contributed by atoms with E-state index >= 15 is 0 Å². The fourth-order valence-corrected chi connectivity index (χ4v) is 2.86. The van der Waals surface area contributed by atoms with Crippen molar-refractivity contribution < 1.29 is 29.6 Å². The number of carbonyl (C=O) groups is 1. The normalized spacial score (nSPS) is 11.7. The molecule has 3 N–H and O–H groups in total. The lowest BCUT2D eigenvalue weighted by atomic mass is 10.1. The molecule has 0 atom stereocenters. The molecule has 0 amide bonds. The molecular weight excluding hydrogens is 480 g/mol. The molecule has 162 valence electrons. The van der Waals surface area contributed by atoms with Crippen molar-refractivity contribution in [1.29, 1.82) is 0 Å². The third-order valence-corrected chi connectivity index (χ3v) is 4.54. The molecule has 0 heterocycles. The molecule has 0 fully saturated rings. The Balaban J connectivity index is 2.43. The van der Waals surface area contributed by atoms with E-state index in [0.717, 1.165) is 18.2 Å². The zero-order valence-corrected chi connectivity index (χ0v) is 17.6. The summed E-state index contributed by atoms with van der Waals surface area (Å²) in [5.41, 5.74) is 1.22. The maximum Gasteiger partial charge on any atom is 0.337 e. The maximum absolute atomic E-state index is 11.7. The number of hydrazone groups is 1. The van der Waals surface area contributed by atoms with Crippen LogP contribution in [0.25, 0.3) is 6.08 Å². The van der Waals surface area contributed by atoms with Crippen molar-refractivity contribution in [2.45, 2.75) is 6.92 Å². The van der Waals surface area contributed by atoms with Gasteiger partial charge in [-0.25, -0.2) is 4.79 Å². The van der Waals surface area contributed by atoms with Crippen molar-refractivity contribution in [3.8, 4) is 11.5 Å². The van der Waals surface area contributed by atoms with E-state index in [2.05, 4.69) is 26.5 Å². The monoisotopic (exact) mass is 494 g/mol. The first-order valence-electron chi connectivity index (χ1n) is 8.30. The van der Waals surface area contributed by atoms with Gasteiger partial charge in [0.05, 0.1) is 38.8 Å². The van der Waals surface area contributed by atoms with Gasteiger partial charge >= 0.3 is 11.7 Å². The lowest BCUT2D eigenvalue weighted by Crippen LogP contribution is -2.11. The van der Waals surface area contributed by atoms with E-state index in [9.17, 15) is 35.2 Å². The molecule has 31 heavy (non-hydrogen) atoms. The minimum atomic E-state index is -1.33. The number of anilines is 1. The summed E-state index contributed by atoms with van der Waals surface area (Å²) in [7, 11) is 1.33. The quantitative estimate of drug-likeness (QED) is 0.212. The van der Waals surface area contributed by atoms with Crippen LogP contribution in [0, 0.1) is 20.2 Å². The van der Waals surface area contributed by atoms with Crippen LogP contribution in [0.4, 0.5) is 17.1 Å². The van der Waals surface area contributed by atoms with E-state index in [4.69, 9.17) is 4.74 Å². The second-order valence-electron chi connectivity index (χ2n) is 5.94. The van der Waals surface area contributed by atoms with E-state index in [0.29, 0.717) is 5.56 Å². The van der Waals surface area contributed by atoms with Crippen LogP contribution in [0.1, 0.15) is 12.5 Å². The van der Waals surface area contributed by atoms with E-state index in [1.165, 1.54) is 32.2 Å². The lowest BCUT2D eigenvalue weighted by Gasteiger charge is -2.08. The van der Waals surface area contributed by atoms with Gasteiger partial charge in [-0.1, -0.05) is 0 Å². The first-order chi connectivity index (χ1) is 14.5. The molecule has 2 rings (SSSR count). The third-order valence-electron chi connectivity index (χ3n) is 3.93. The highest BCUT2D eigenvalue weighted by Crippen LogP contribution is 2.36. The van der Waals surface area contributed by atoms with Gasteiger partial charge in [0.15, 0.2) is 11.5 Å². The van der Waals surface area contributed by atoms with Crippen LogP contribution in [0.5, 0.6) is 11.5 Å². The van der Waals surface area contributed by atoms with Crippen LogP contribution >= 0.6 is 15.9 Å². The Labute approximate surface area is 182 Å². The summed E-state index contributed by atoms with van der Waals surface area (Å²) in [5, 5.41) is 45.3. The molecule has 0 bridgehead atoms. The number of aliphatic carboxylic acids is 1. The summed E-state index contributed by atoms with van der Waals surface area (Å²) < 4.78 is 5.30. The Morgan fingerprint density at radius 1 is 1.23 bits per heavy atom. The van der Waals surface area contributed by atoms with Crippen molar-refractivity contribution in [1.82, 2.24) is 0 Å².